The van der Waals surface area contributed by atoms with Gasteiger partial charge < -0.3 is 25.8 Å². The Balaban J connectivity index is 0.000000855. The number of fused-ring (bicyclic) bond motifs is 2. The number of hydrogen-bond donors (Lipinski definition) is 4. The van der Waals surface area contributed by atoms with Crippen LogP contribution in [0.4, 0.5) is 4.79 Å². The average Bonchev–Trinajstić information content (AvgIpc) is 3.17. The van der Waals surface area contributed by atoms with Crippen molar-refractivity contribution in [3.63, 3.8) is 0 Å². The molecule has 5 N–H and O–H groups in total. The van der Waals surface area contributed by atoms with Crippen molar-refractivity contribution in [3.8, 4) is 0 Å². The van der Waals surface area contributed by atoms with E-state index in [2.05, 4.69) is 10.6 Å². The van der Waals surface area contributed by atoms with Crippen LogP contribution in [0.3, 0.4) is 0 Å². The van der Waals surface area contributed by atoms with E-state index in [1.165, 1.54) is 0 Å². The molecule has 1 saturated heterocycles. The number of ketones is 2. The molecule has 27 heavy (non-hydrogen) atoms. The van der Waals surface area contributed by atoms with E-state index in [0.717, 1.165) is 7.11 Å². The van der Waals surface area contributed by atoms with Crippen molar-refractivity contribution in [2.24, 2.45) is 11.7 Å². The number of primary amides is 1. The molecule has 3 aliphatic rings. The minimum Gasteiger partial charge on any atom is -0.449 e. The maximum Gasteiger partial charge on any atom is 0.404 e. The van der Waals surface area contributed by atoms with Gasteiger partial charge >= 0.3 is 6.09 Å². The Kier molecular flexibility index (Phi) is 7.98. The number of rotatable bonds is 3. The van der Waals surface area contributed by atoms with Crippen LogP contribution >= 0.6 is 0 Å². The van der Waals surface area contributed by atoms with Crippen LogP contribution in [0, 0.1) is 5.92 Å². The van der Waals surface area contributed by atoms with Crippen molar-refractivity contribution in [1.29, 1.82) is 0 Å². The van der Waals surface area contributed by atoms with Gasteiger partial charge in [-0.1, -0.05) is 13.8 Å². The predicted molar refractivity (Wildman–Crippen MR) is 100 cm³/mol. The summed E-state index contributed by atoms with van der Waals surface area (Å²) in [5.41, 5.74) is 6.58. The van der Waals surface area contributed by atoms with Crippen LogP contribution in [0.2, 0.25) is 0 Å². The molecule has 0 aromatic heterocycles. The van der Waals surface area contributed by atoms with Crippen LogP contribution < -0.4 is 16.4 Å². The molecular formula is C18H30N4O5. The number of hydrogen-bond acceptors (Lipinski definition) is 8. The molecule has 3 unspecified atom stereocenters. The number of Topliss-reactive ketones (excluding diaryl/α,β-unsaturated/α-hetero) is 2. The minimum atomic E-state index is -0.896. The molecule has 0 aromatic rings. The maximum atomic E-state index is 12.8. The zero-order valence-corrected chi connectivity index (χ0v) is 16.8. The summed E-state index contributed by atoms with van der Waals surface area (Å²) < 4.78 is 4.94. The summed E-state index contributed by atoms with van der Waals surface area (Å²) in [6.45, 7) is 8.23. The molecular weight excluding hydrogens is 352 g/mol. The molecule has 2 aliphatic heterocycles. The lowest BCUT2D eigenvalue weighted by atomic mass is 9.86. The summed E-state index contributed by atoms with van der Waals surface area (Å²) in [6, 6.07) is 0.169. The van der Waals surface area contributed by atoms with E-state index >= 15 is 0 Å². The van der Waals surface area contributed by atoms with Crippen LogP contribution in [0.25, 0.3) is 0 Å². The fourth-order valence-electron chi connectivity index (χ4n) is 3.67. The number of carbonyl (C=O) groups excluding carboxylic acids is 3. The van der Waals surface area contributed by atoms with Crippen LogP contribution in [0.1, 0.15) is 27.7 Å². The molecule has 3 atom stereocenters. The van der Waals surface area contributed by atoms with Gasteiger partial charge in [-0.05, 0) is 13.8 Å². The van der Waals surface area contributed by atoms with E-state index in [4.69, 9.17) is 15.6 Å². The molecule has 0 aromatic carbocycles. The van der Waals surface area contributed by atoms with Crippen LogP contribution in [-0.2, 0) is 14.3 Å². The number of likely N-dealkylation sites (N-methyl/N-ethyl adjacent to an activating group) is 1. The lowest BCUT2D eigenvalue weighted by Gasteiger charge is -2.23. The van der Waals surface area contributed by atoms with Gasteiger partial charge in [-0.2, -0.15) is 0 Å². The second kappa shape index (κ2) is 9.52. The number of nitrogens with two attached hydrogens (primary N) is 1. The third-order valence-electron chi connectivity index (χ3n) is 4.61. The Hall–Kier alpha value is -2.39. The summed E-state index contributed by atoms with van der Waals surface area (Å²) >= 11 is 0. The first-order chi connectivity index (χ1) is 12.9. The third kappa shape index (κ3) is 3.98. The molecule has 9 nitrogen and oxygen atoms in total. The molecule has 0 radical (unpaired) electrons. The topological polar surface area (TPSA) is 134 Å². The smallest absolute Gasteiger partial charge is 0.404 e. The number of allylic oxidation sites excluding steroid dienone is 2. The molecule has 1 fully saturated rings. The molecule has 9 heteroatoms. The van der Waals surface area contributed by atoms with E-state index < -0.39 is 12.0 Å². The van der Waals surface area contributed by atoms with Gasteiger partial charge in [-0.25, -0.2) is 4.79 Å². The fourth-order valence-corrected chi connectivity index (χ4v) is 3.67. The Morgan fingerprint density at radius 2 is 1.93 bits per heavy atom. The molecule has 1 amide bonds. The number of amides is 1. The number of nitrogens with one attached hydrogen (secondary N) is 2. The van der Waals surface area contributed by atoms with Gasteiger partial charge in [0, 0.05) is 37.9 Å². The Morgan fingerprint density at radius 1 is 1.33 bits per heavy atom. The Labute approximate surface area is 159 Å². The summed E-state index contributed by atoms with van der Waals surface area (Å²) in [5, 5.41) is 13.2. The van der Waals surface area contributed by atoms with Gasteiger partial charge in [-0.3, -0.25) is 14.9 Å². The summed E-state index contributed by atoms with van der Waals surface area (Å²) in [6.07, 6.45) is -1.14. The van der Waals surface area contributed by atoms with E-state index in [0.29, 0.717) is 29.1 Å². The fraction of sp³-hybridized carbons (Fsp3) is 0.611. The van der Waals surface area contributed by atoms with Crippen molar-refractivity contribution in [3.05, 3.63) is 22.5 Å². The van der Waals surface area contributed by atoms with Crippen molar-refractivity contribution in [1.82, 2.24) is 15.5 Å². The SMILES string of the molecule is CC.CNC1=C(C)C(=O)C2=C(C1=O)C(COC(N)=O)C1NC(C)CN21.CO. The quantitative estimate of drug-likeness (QED) is 0.496. The van der Waals surface area contributed by atoms with Gasteiger partial charge in [0.15, 0.2) is 0 Å². The highest BCUT2D eigenvalue weighted by Gasteiger charge is 2.52. The zero-order chi connectivity index (χ0) is 20.9. The Morgan fingerprint density at radius 3 is 2.44 bits per heavy atom. The maximum absolute atomic E-state index is 12.8. The molecule has 1 aliphatic carbocycles. The van der Waals surface area contributed by atoms with Gasteiger partial charge in [0.2, 0.25) is 11.6 Å². The number of nitrogens with zero attached hydrogens (tertiary/aromatic N) is 1. The van der Waals surface area contributed by atoms with E-state index in [-0.39, 0.29) is 30.4 Å². The molecule has 0 bridgehead atoms. The number of aliphatic hydroxyl groups excluding tert-OH is 1. The van der Waals surface area contributed by atoms with Crippen molar-refractivity contribution in [2.45, 2.75) is 39.9 Å². The number of ether oxygens (including phenoxy) is 1. The normalized spacial score (nSPS) is 25.9. The monoisotopic (exact) mass is 382 g/mol. The minimum absolute atomic E-state index is 0.0376. The highest BCUT2D eigenvalue weighted by atomic mass is 16.5. The number of aliphatic hydroxyl groups is 1. The summed E-state index contributed by atoms with van der Waals surface area (Å²) in [7, 11) is 2.61. The molecule has 2 heterocycles. The molecule has 152 valence electrons. The zero-order valence-electron chi connectivity index (χ0n) is 16.8. The molecule has 0 spiro atoms. The van der Waals surface area contributed by atoms with Gasteiger partial charge in [0.05, 0.1) is 23.5 Å². The van der Waals surface area contributed by atoms with Crippen LogP contribution in [0.15, 0.2) is 22.5 Å². The molecule has 0 saturated carbocycles. The van der Waals surface area contributed by atoms with Gasteiger partial charge in [0.1, 0.15) is 6.61 Å². The van der Waals surface area contributed by atoms with Crippen LogP contribution in [-0.4, -0.2) is 67.2 Å². The van der Waals surface area contributed by atoms with Crippen molar-refractivity contribution >= 4 is 17.7 Å². The van der Waals surface area contributed by atoms with E-state index in [1.807, 2.05) is 25.7 Å². The standard InChI is InChI=1S/C15H20N4O4.C2H6.CH4O/c1-6-4-19-11-9(8(14(19)18-6)5-23-15(16)22)13(21)10(17-3)7(2)12(11)20;2*1-2/h6,8,14,17-18H,4-5H2,1-3H3,(H2,16,22);1-2H3;2H,1H3. The highest BCUT2D eigenvalue weighted by Crippen LogP contribution is 2.41. The first-order valence-corrected chi connectivity index (χ1v) is 8.98. The lowest BCUT2D eigenvalue weighted by Crippen LogP contribution is -2.41. The predicted octanol–water partition coefficient (Wildman–Crippen LogP) is -0.135. The highest BCUT2D eigenvalue weighted by molar-refractivity contribution is 6.25. The first-order valence-electron chi connectivity index (χ1n) is 8.98. The van der Waals surface area contributed by atoms with E-state index in [9.17, 15) is 14.4 Å². The third-order valence-corrected chi connectivity index (χ3v) is 4.61. The summed E-state index contributed by atoms with van der Waals surface area (Å²) in [4.78, 5) is 38.4. The first kappa shape index (κ1) is 22.7. The van der Waals surface area contributed by atoms with E-state index in [1.54, 1.807) is 14.0 Å². The number of carbonyl (C=O) groups is 3. The molecule has 3 rings (SSSR count). The van der Waals surface area contributed by atoms with Crippen molar-refractivity contribution < 1.29 is 24.2 Å². The Bertz CT molecular complexity index is 671. The summed E-state index contributed by atoms with van der Waals surface area (Å²) in [5.74, 6) is -0.803. The second-order valence-electron chi connectivity index (χ2n) is 6.07. The van der Waals surface area contributed by atoms with Crippen LogP contribution in [0.5, 0.6) is 0 Å². The second-order valence-corrected chi connectivity index (χ2v) is 6.07. The van der Waals surface area contributed by atoms with Crippen molar-refractivity contribution in [2.75, 3.05) is 27.3 Å². The van der Waals surface area contributed by atoms with Gasteiger partial charge in [-0.15, -0.1) is 0 Å². The largest absolute Gasteiger partial charge is 0.449 e. The average molecular weight is 382 g/mol. The lowest BCUT2D eigenvalue weighted by molar-refractivity contribution is -0.117. The van der Waals surface area contributed by atoms with Gasteiger partial charge in [0.25, 0.3) is 0 Å².